The highest BCUT2D eigenvalue weighted by molar-refractivity contribution is 5.48. The predicted molar refractivity (Wildman–Crippen MR) is 84.1 cm³/mol. The van der Waals surface area contributed by atoms with Crippen molar-refractivity contribution in [2.75, 3.05) is 14.2 Å². The molecule has 112 valence electrons. The molecule has 0 fully saturated rings. The van der Waals surface area contributed by atoms with Crippen molar-refractivity contribution in [1.82, 2.24) is 0 Å². The monoisotopic (exact) mass is 286 g/mol. The van der Waals surface area contributed by atoms with Gasteiger partial charge in [-0.2, -0.15) is 0 Å². The van der Waals surface area contributed by atoms with E-state index in [1.165, 1.54) is 0 Å². The Balaban J connectivity index is 2.55. The van der Waals surface area contributed by atoms with E-state index in [1.807, 2.05) is 50.2 Å². The molecule has 0 bridgehead atoms. The molecule has 2 rings (SSSR count). The van der Waals surface area contributed by atoms with Crippen molar-refractivity contribution in [1.29, 1.82) is 0 Å². The smallest absolute Gasteiger partial charge is 0.122 e. The highest BCUT2D eigenvalue weighted by Crippen LogP contribution is 2.35. The summed E-state index contributed by atoms with van der Waals surface area (Å²) in [7, 11) is 3.28. The highest BCUT2D eigenvalue weighted by atomic mass is 16.5. The van der Waals surface area contributed by atoms with Crippen molar-refractivity contribution >= 4 is 0 Å². The van der Waals surface area contributed by atoms with Gasteiger partial charge >= 0.3 is 0 Å². The summed E-state index contributed by atoms with van der Waals surface area (Å²) in [6.07, 6.45) is 0. The van der Waals surface area contributed by atoms with E-state index >= 15 is 0 Å². The second-order valence-electron chi connectivity index (χ2n) is 5.44. The molecule has 1 N–H and O–H groups in total. The highest BCUT2D eigenvalue weighted by Gasteiger charge is 2.28. The number of hydrogen-bond donors (Lipinski definition) is 1. The van der Waals surface area contributed by atoms with Crippen LogP contribution in [-0.4, -0.2) is 19.3 Å². The summed E-state index contributed by atoms with van der Waals surface area (Å²) >= 11 is 0. The fraction of sp³-hybridized carbons (Fsp3) is 0.333. The van der Waals surface area contributed by atoms with Crippen LogP contribution in [0.25, 0.3) is 0 Å². The molecule has 2 aromatic carbocycles. The fourth-order valence-corrected chi connectivity index (χ4v) is 2.62. The van der Waals surface area contributed by atoms with Crippen molar-refractivity contribution in [3.05, 3.63) is 58.7 Å². The van der Waals surface area contributed by atoms with Gasteiger partial charge < -0.3 is 14.6 Å². The molecule has 0 radical (unpaired) electrons. The number of benzene rings is 2. The zero-order valence-electron chi connectivity index (χ0n) is 13.2. The molecular weight excluding hydrogens is 264 g/mol. The SMILES string of the molecule is COc1cccc(C(C)(O)c2cc(C)c(OC)cc2C)c1. The standard InChI is InChI=1S/C18H22O3/c1-12-10-17(21-5)13(2)9-16(12)18(3,19)14-7-6-8-15(11-14)20-4/h6-11,19H,1-5H3. The van der Waals surface area contributed by atoms with Gasteiger partial charge in [0.1, 0.15) is 17.1 Å². The van der Waals surface area contributed by atoms with Crippen LogP contribution < -0.4 is 9.47 Å². The molecule has 2 aromatic rings. The van der Waals surface area contributed by atoms with Crippen molar-refractivity contribution in [2.24, 2.45) is 0 Å². The predicted octanol–water partition coefficient (Wildman–Crippen LogP) is 3.58. The molecule has 0 heterocycles. The molecule has 0 spiro atoms. The van der Waals surface area contributed by atoms with Crippen LogP contribution in [0.15, 0.2) is 36.4 Å². The Morgan fingerprint density at radius 3 is 2.29 bits per heavy atom. The summed E-state index contributed by atoms with van der Waals surface area (Å²) in [5, 5.41) is 11.0. The van der Waals surface area contributed by atoms with E-state index < -0.39 is 5.60 Å². The number of aryl methyl sites for hydroxylation is 2. The molecule has 3 nitrogen and oxygen atoms in total. The topological polar surface area (TPSA) is 38.7 Å². The Morgan fingerprint density at radius 2 is 1.67 bits per heavy atom. The van der Waals surface area contributed by atoms with Gasteiger partial charge in [0.2, 0.25) is 0 Å². The van der Waals surface area contributed by atoms with Crippen molar-refractivity contribution in [2.45, 2.75) is 26.4 Å². The van der Waals surface area contributed by atoms with Crippen LogP contribution in [-0.2, 0) is 5.60 Å². The van der Waals surface area contributed by atoms with E-state index in [9.17, 15) is 5.11 Å². The first-order valence-corrected chi connectivity index (χ1v) is 6.92. The molecule has 0 saturated carbocycles. The summed E-state index contributed by atoms with van der Waals surface area (Å²) in [5.41, 5.74) is 2.57. The molecule has 0 saturated heterocycles. The maximum absolute atomic E-state index is 11.0. The van der Waals surface area contributed by atoms with E-state index in [-0.39, 0.29) is 0 Å². The third-order valence-electron chi connectivity index (χ3n) is 3.90. The lowest BCUT2D eigenvalue weighted by Crippen LogP contribution is -2.24. The minimum absolute atomic E-state index is 0.732. The largest absolute Gasteiger partial charge is 0.497 e. The van der Waals surface area contributed by atoms with E-state index in [0.29, 0.717) is 0 Å². The molecule has 0 aliphatic carbocycles. The van der Waals surface area contributed by atoms with Gasteiger partial charge in [0.15, 0.2) is 0 Å². The Labute approximate surface area is 126 Å². The van der Waals surface area contributed by atoms with Gasteiger partial charge in [0.05, 0.1) is 14.2 Å². The molecular formula is C18H22O3. The average molecular weight is 286 g/mol. The molecule has 1 unspecified atom stereocenters. The third-order valence-corrected chi connectivity index (χ3v) is 3.90. The van der Waals surface area contributed by atoms with Crippen LogP contribution in [0, 0.1) is 13.8 Å². The number of rotatable bonds is 4. The summed E-state index contributed by atoms with van der Waals surface area (Å²) in [5.74, 6) is 1.56. The molecule has 0 aliphatic heterocycles. The van der Waals surface area contributed by atoms with E-state index in [2.05, 4.69) is 0 Å². The molecule has 0 amide bonds. The average Bonchev–Trinajstić information content (AvgIpc) is 2.49. The van der Waals surface area contributed by atoms with Gasteiger partial charge in [-0.15, -0.1) is 0 Å². The second kappa shape index (κ2) is 5.78. The van der Waals surface area contributed by atoms with Gasteiger partial charge in [-0.25, -0.2) is 0 Å². The Kier molecular flexibility index (Phi) is 4.24. The van der Waals surface area contributed by atoms with Crippen molar-refractivity contribution in [3.63, 3.8) is 0 Å². The Hall–Kier alpha value is -2.00. The minimum Gasteiger partial charge on any atom is -0.497 e. The van der Waals surface area contributed by atoms with Crippen LogP contribution in [0.3, 0.4) is 0 Å². The molecule has 0 aliphatic rings. The lowest BCUT2D eigenvalue weighted by Gasteiger charge is -2.27. The van der Waals surface area contributed by atoms with Crippen LogP contribution in [0.5, 0.6) is 11.5 Å². The summed E-state index contributed by atoms with van der Waals surface area (Å²) in [4.78, 5) is 0. The lowest BCUT2D eigenvalue weighted by molar-refractivity contribution is 0.101. The maximum atomic E-state index is 11.0. The summed E-state index contributed by atoms with van der Waals surface area (Å²) in [6, 6.07) is 11.5. The quantitative estimate of drug-likeness (QED) is 0.933. The fourth-order valence-electron chi connectivity index (χ4n) is 2.62. The first kappa shape index (κ1) is 15.4. The minimum atomic E-state index is -1.09. The zero-order chi connectivity index (χ0) is 15.6. The number of methoxy groups -OCH3 is 2. The first-order chi connectivity index (χ1) is 9.90. The van der Waals surface area contributed by atoms with Crippen LogP contribution >= 0.6 is 0 Å². The van der Waals surface area contributed by atoms with Crippen LogP contribution in [0.4, 0.5) is 0 Å². The molecule has 3 heteroatoms. The van der Waals surface area contributed by atoms with Crippen LogP contribution in [0.1, 0.15) is 29.2 Å². The molecule has 0 aromatic heterocycles. The molecule has 1 atom stereocenters. The van der Waals surface area contributed by atoms with Crippen molar-refractivity contribution < 1.29 is 14.6 Å². The van der Waals surface area contributed by atoms with Crippen LogP contribution in [0.2, 0.25) is 0 Å². The number of hydrogen-bond acceptors (Lipinski definition) is 3. The first-order valence-electron chi connectivity index (χ1n) is 6.92. The third kappa shape index (κ3) is 2.88. The number of ether oxygens (including phenoxy) is 2. The van der Waals surface area contributed by atoms with E-state index in [4.69, 9.17) is 9.47 Å². The maximum Gasteiger partial charge on any atom is 0.122 e. The van der Waals surface area contributed by atoms with Gasteiger partial charge in [-0.05, 0) is 67.3 Å². The normalized spacial score (nSPS) is 13.6. The molecule has 21 heavy (non-hydrogen) atoms. The van der Waals surface area contributed by atoms with Gasteiger partial charge in [0, 0.05) is 0 Å². The van der Waals surface area contributed by atoms with Gasteiger partial charge in [-0.1, -0.05) is 12.1 Å². The van der Waals surface area contributed by atoms with E-state index in [0.717, 1.165) is 33.8 Å². The van der Waals surface area contributed by atoms with Gasteiger partial charge in [-0.3, -0.25) is 0 Å². The zero-order valence-corrected chi connectivity index (χ0v) is 13.2. The van der Waals surface area contributed by atoms with Gasteiger partial charge in [0.25, 0.3) is 0 Å². The summed E-state index contributed by atoms with van der Waals surface area (Å²) in [6.45, 7) is 5.76. The Morgan fingerprint density at radius 1 is 0.952 bits per heavy atom. The lowest BCUT2D eigenvalue weighted by atomic mass is 9.84. The Bertz CT molecular complexity index is 645. The number of aliphatic hydroxyl groups is 1. The van der Waals surface area contributed by atoms with Crippen molar-refractivity contribution in [3.8, 4) is 11.5 Å². The second-order valence-corrected chi connectivity index (χ2v) is 5.44. The van der Waals surface area contributed by atoms with E-state index in [1.54, 1.807) is 21.1 Å². The summed E-state index contributed by atoms with van der Waals surface area (Å²) < 4.78 is 10.6.